The van der Waals surface area contributed by atoms with E-state index in [4.69, 9.17) is 16.3 Å². The predicted octanol–water partition coefficient (Wildman–Crippen LogP) is 1.36. The topological polar surface area (TPSA) is 29.5 Å². The maximum absolute atomic E-state index is 11.5. The molecule has 1 fully saturated rings. The van der Waals surface area contributed by atoms with Crippen molar-refractivity contribution in [2.75, 3.05) is 32.7 Å². The first-order chi connectivity index (χ1) is 6.69. The SMILES string of the molecule is COCC1CN(C(=O)CCCl)CC1C. The number of nitrogens with zero attached hydrogens (tertiary/aromatic N) is 1. The zero-order valence-corrected chi connectivity index (χ0v) is 9.59. The van der Waals surface area contributed by atoms with Crippen molar-refractivity contribution in [2.45, 2.75) is 13.3 Å². The van der Waals surface area contributed by atoms with Gasteiger partial charge in [0.25, 0.3) is 0 Å². The molecule has 0 bridgehead atoms. The number of hydrogen-bond donors (Lipinski definition) is 0. The normalized spacial score (nSPS) is 26.9. The molecule has 0 N–H and O–H groups in total. The van der Waals surface area contributed by atoms with E-state index >= 15 is 0 Å². The summed E-state index contributed by atoms with van der Waals surface area (Å²) in [5.74, 6) is 1.61. The fourth-order valence-corrected chi connectivity index (χ4v) is 2.07. The van der Waals surface area contributed by atoms with Crippen molar-refractivity contribution in [1.29, 1.82) is 0 Å². The van der Waals surface area contributed by atoms with Crippen LogP contribution in [-0.2, 0) is 9.53 Å². The minimum atomic E-state index is 0.172. The van der Waals surface area contributed by atoms with Gasteiger partial charge in [0.1, 0.15) is 0 Å². The minimum absolute atomic E-state index is 0.172. The third kappa shape index (κ3) is 2.85. The summed E-state index contributed by atoms with van der Waals surface area (Å²) in [6, 6.07) is 0. The Morgan fingerprint density at radius 2 is 2.29 bits per heavy atom. The van der Waals surface area contributed by atoms with E-state index in [9.17, 15) is 4.79 Å². The van der Waals surface area contributed by atoms with E-state index in [2.05, 4.69) is 6.92 Å². The summed E-state index contributed by atoms with van der Waals surface area (Å²) in [6.07, 6.45) is 0.452. The van der Waals surface area contributed by atoms with Crippen LogP contribution in [0.1, 0.15) is 13.3 Å². The summed E-state index contributed by atoms with van der Waals surface area (Å²) in [4.78, 5) is 13.4. The second-order valence-corrected chi connectivity index (χ2v) is 4.31. The van der Waals surface area contributed by atoms with Crippen LogP contribution in [-0.4, -0.2) is 43.5 Å². The standard InChI is InChI=1S/C10H18ClNO2/c1-8-5-12(10(13)3-4-11)6-9(8)7-14-2/h8-9H,3-7H2,1-2H3. The molecule has 1 saturated heterocycles. The first-order valence-corrected chi connectivity index (χ1v) is 5.55. The zero-order chi connectivity index (χ0) is 10.6. The van der Waals surface area contributed by atoms with Gasteiger partial charge in [-0.05, 0) is 5.92 Å². The van der Waals surface area contributed by atoms with Crippen LogP contribution < -0.4 is 0 Å². The van der Waals surface area contributed by atoms with Crippen molar-refractivity contribution >= 4 is 17.5 Å². The highest BCUT2D eigenvalue weighted by Crippen LogP contribution is 2.23. The second kappa shape index (κ2) is 5.56. The molecule has 0 radical (unpaired) electrons. The molecule has 4 heteroatoms. The Labute approximate surface area is 90.4 Å². The van der Waals surface area contributed by atoms with Gasteiger partial charge in [-0.1, -0.05) is 6.92 Å². The molecule has 14 heavy (non-hydrogen) atoms. The van der Waals surface area contributed by atoms with E-state index in [-0.39, 0.29) is 5.91 Å². The molecule has 1 amide bonds. The molecule has 2 unspecified atom stereocenters. The van der Waals surface area contributed by atoms with E-state index in [0.717, 1.165) is 19.7 Å². The van der Waals surface area contributed by atoms with Gasteiger partial charge in [0, 0.05) is 38.4 Å². The Kier molecular flexibility index (Phi) is 4.69. The highest BCUT2D eigenvalue weighted by Gasteiger charge is 2.31. The molecule has 1 aliphatic heterocycles. The molecular weight excluding hydrogens is 202 g/mol. The molecular formula is C10H18ClNO2. The molecule has 1 rings (SSSR count). The minimum Gasteiger partial charge on any atom is -0.384 e. The number of hydrogen-bond acceptors (Lipinski definition) is 2. The van der Waals surface area contributed by atoms with Crippen molar-refractivity contribution < 1.29 is 9.53 Å². The molecule has 82 valence electrons. The lowest BCUT2D eigenvalue weighted by molar-refractivity contribution is -0.130. The number of alkyl halides is 1. The van der Waals surface area contributed by atoms with Gasteiger partial charge < -0.3 is 9.64 Å². The average molecular weight is 220 g/mol. The molecule has 0 aromatic heterocycles. The lowest BCUT2D eigenvalue weighted by atomic mass is 10.00. The fraction of sp³-hybridized carbons (Fsp3) is 0.900. The number of methoxy groups -OCH3 is 1. The number of rotatable bonds is 4. The molecule has 0 spiro atoms. The van der Waals surface area contributed by atoms with E-state index in [1.807, 2.05) is 4.90 Å². The van der Waals surface area contributed by atoms with E-state index < -0.39 is 0 Å². The summed E-state index contributed by atoms with van der Waals surface area (Å²) in [5.41, 5.74) is 0. The monoisotopic (exact) mass is 219 g/mol. The number of amides is 1. The van der Waals surface area contributed by atoms with Crippen molar-refractivity contribution in [2.24, 2.45) is 11.8 Å². The Balaban J connectivity index is 2.41. The van der Waals surface area contributed by atoms with Gasteiger partial charge in [-0.15, -0.1) is 11.6 Å². The molecule has 0 aliphatic carbocycles. The molecule has 1 aliphatic rings. The Hall–Kier alpha value is -0.280. The lowest BCUT2D eigenvalue weighted by Crippen LogP contribution is -2.29. The number of carbonyl (C=O) groups excluding carboxylic acids is 1. The Bertz CT molecular complexity index is 199. The molecule has 0 aromatic rings. The van der Waals surface area contributed by atoms with Crippen LogP contribution in [0.25, 0.3) is 0 Å². The summed E-state index contributed by atoms with van der Waals surface area (Å²) in [5, 5.41) is 0. The quantitative estimate of drug-likeness (QED) is 0.669. The van der Waals surface area contributed by atoms with E-state index in [0.29, 0.717) is 24.1 Å². The number of carbonyl (C=O) groups is 1. The van der Waals surface area contributed by atoms with Crippen LogP contribution in [0.15, 0.2) is 0 Å². The third-order valence-corrected chi connectivity index (χ3v) is 3.00. The number of likely N-dealkylation sites (tertiary alicyclic amines) is 1. The van der Waals surface area contributed by atoms with Crippen LogP contribution in [0.2, 0.25) is 0 Å². The molecule has 0 aromatic carbocycles. The van der Waals surface area contributed by atoms with Gasteiger partial charge in [-0.25, -0.2) is 0 Å². The summed E-state index contributed by atoms with van der Waals surface area (Å²) < 4.78 is 5.12. The van der Waals surface area contributed by atoms with Gasteiger partial charge in [0.15, 0.2) is 0 Å². The summed E-state index contributed by atoms with van der Waals surface area (Å²) >= 11 is 5.54. The van der Waals surface area contributed by atoms with Crippen LogP contribution in [0.4, 0.5) is 0 Å². The predicted molar refractivity (Wildman–Crippen MR) is 56.4 cm³/mol. The van der Waals surface area contributed by atoms with Crippen molar-refractivity contribution in [1.82, 2.24) is 4.90 Å². The zero-order valence-electron chi connectivity index (χ0n) is 8.83. The highest BCUT2D eigenvalue weighted by molar-refractivity contribution is 6.18. The molecule has 0 saturated carbocycles. The van der Waals surface area contributed by atoms with Gasteiger partial charge in [-0.2, -0.15) is 0 Å². The summed E-state index contributed by atoms with van der Waals surface area (Å²) in [7, 11) is 1.70. The van der Waals surface area contributed by atoms with Crippen LogP contribution >= 0.6 is 11.6 Å². The second-order valence-electron chi connectivity index (χ2n) is 3.93. The van der Waals surface area contributed by atoms with Gasteiger partial charge in [0.05, 0.1) is 6.61 Å². The Morgan fingerprint density at radius 3 is 2.86 bits per heavy atom. The first-order valence-electron chi connectivity index (χ1n) is 5.01. The molecule has 3 nitrogen and oxygen atoms in total. The van der Waals surface area contributed by atoms with Crippen LogP contribution in [0.5, 0.6) is 0 Å². The van der Waals surface area contributed by atoms with Crippen molar-refractivity contribution in [3.63, 3.8) is 0 Å². The lowest BCUT2D eigenvalue weighted by Gasteiger charge is -2.15. The van der Waals surface area contributed by atoms with E-state index in [1.54, 1.807) is 7.11 Å². The van der Waals surface area contributed by atoms with Gasteiger partial charge in [-0.3, -0.25) is 4.79 Å². The van der Waals surface area contributed by atoms with E-state index in [1.165, 1.54) is 0 Å². The van der Waals surface area contributed by atoms with Gasteiger partial charge in [0.2, 0.25) is 5.91 Å². The highest BCUT2D eigenvalue weighted by atomic mass is 35.5. The maximum Gasteiger partial charge on any atom is 0.223 e. The fourth-order valence-electron chi connectivity index (χ4n) is 1.91. The average Bonchev–Trinajstić information content (AvgIpc) is 2.49. The first kappa shape index (κ1) is 11.8. The van der Waals surface area contributed by atoms with Crippen LogP contribution in [0.3, 0.4) is 0 Å². The summed E-state index contributed by atoms with van der Waals surface area (Å²) in [6.45, 7) is 4.58. The van der Waals surface area contributed by atoms with Crippen molar-refractivity contribution in [3.8, 4) is 0 Å². The molecule has 1 heterocycles. The number of halogens is 1. The van der Waals surface area contributed by atoms with Crippen LogP contribution in [0, 0.1) is 11.8 Å². The number of ether oxygens (including phenoxy) is 1. The third-order valence-electron chi connectivity index (χ3n) is 2.81. The van der Waals surface area contributed by atoms with Gasteiger partial charge >= 0.3 is 0 Å². The molecule has 2 atom stereocenters. The van der Waals surface area contributed by atoms with Crippen molar-refractivity contribution in [3.05, 3.63) is 0 Å². The maximum atomic E-state index is 11.5. The largest absolute Gasteiger partial charge is 0.384 e. The Morgan fingerprint density at radius 1 is 1.57 bits per heavy atom. The smallest absolute Gasteiger partial charge is 0.223 e.